The quantitative estimate of drug-likeness (QED) is 0.720. The summed E-state index contributed by atoms with van der Waals surface area (Å²) in [5, 5.41) is 20.5. The molecule has 0 aliphatic rings. The summed E-state index contributed by atoms with van der Waals surface area (Å²) in [7, 11) is 1.73. The van der Waals surface area contributed by atoms with Gasteiger partial charge in [-0.25, -0.2) is 4.68 Å². The second kappa shape index (κ2) is 4.47. The van der Waals surface area contributed by atoms with Gasteiger partial charge in [0.05, 0.1) is 12.7 Å². The average Bonchev–Trinajstić information content (AvgIpc) is 2.78. The number of nitrogens with zero attached hydrogens (tertiary/aromatic N) is 7. The predicted octanol–water partition coefficient (Wildman–Crippen LogP) is -0.213. The Balaban J connectivity index is 2.04. The number of aryl methyl sites for hydroxylation is 2. The molecule has 0 saturated heterocycles. The molecule has 0 unspecified atom stereocenters. The van der Waals surface area contributed by atoms with Crippen LogP contribution in [-0.4, -0.2) is 40.5 Å². The fourth-order valence-electron chi connectivity index (χ4n) is 1.16. The summed E-state index contributed by atoms with van der Waals surface area (Å²) in [6, 6.07) is 0. The molecule has 0 radical (unpaired) electrons. The van der Waals surface area contributed by atoms with Crippen LogP contribution in [0.5, 0.6) is 0 Å². The van der Waals surface area contributed by atoms with E-state index in [1.54, 1.807) is 11.7 Å². The van der Waals surface area contributed by atoms with Crippen molar-refractivity contribution in [2.24, 2.45) is 7.05 Å². The van der Waals surface area contributed by atoms with E-state index in [4.69, 9.17) is 0 Å². The van der Waals surface area contributed by atoms with Crippen molar-refractivity contribution in [1.29, 1.82) is 0 Å². The summed E-state index contributed by atoms with van der Waals surface area (Å²) in [5.41, 5.74) is 0.954. The van der Waals surface area contributed by atoms with Gasteiger partial charge in [0.1, 0.15) is 6.54 Å². The molecule has 0 fully saturated rings. The van der Waals surface area contributed by atoms with Crippen molar-refractivity contribution in [2.45, 2.75) is 13.0 Å². The van der Waals surface area contributed by atoms with E-state index < -0.39 is 0 Å². The van der Waals surface area contributed by atoms with Crippen LogP contribution in [0.2, 0.25) is 0 Å². The normalized spacial score (nSPS) is 10.8. The zero-order valence-electron chi connectivity index (χ0n) is 8.21. The lowest BCUT2D eigenvalue weighted by molar-refractivity contribution is 0.607. The SMILES string of the molecule is Cn1nnc(Cn2cc(CCBr)nn2)n1. The third-order valence-corrected chi connectivity index (χ3v) is 2.19. The highest BCUT2D eigenvalue weighted by Gasteiger charge is 2.04. The van der Waals surface area contributed by atoms with Gasteiger partial charge in [0.15, 0.2) is 5.82 Å². The molecule has 0 saturated carbocycles. The zero-order chi connectivity index (χ0) is 10.7. The van der Waals surface area contributed by atoms with Crippen LogP contribution >= 0.6 is 15.9 Å². The van der Waals surface area contributed by atoms with Gasteiger partial charge in [-0.2, -0.15) is 4.80 Å². The molecule has 0 bridgehead atoms. The first-order chi connectivity index (χ1) is 7.28. The molecule has 0 aliphatic heterocycles. The van der Waals surface area contributed by atoms with E-state index in [2.05, 4.69) is 41.7 Å². The summed E-state index contributed by atoms with van der Waals surface area (Å²) >= 11 is 3.35. The van der Waals surface area contributed by atoms with Crippen LogP contribution in [0, 0.1) is 0 Å². The maximum Gasteiger partial charge on any atom is 0.196 e. The molecule has 8 heteroatoms. The molecular formula is C7H10BrN7. The highest BCUT2D eigenvalue weighted by Crippen LogP contribution is 1.98. The zero-order valence-corrected chi connectivity index (χ0v) is 9.79. The van der Waals surface area contributed by atoms with E-state index in [0.717, 1.165) is 17.4 Å². The monoisotopic (exact) mass is 271 g/mol. The van der Waals surface area contributed by atoms with Gasteiger partial charge in [-0.1, -0.05) is 21.1 Å². The molecule has 0 aliphatic carbocycles. The van der Waals surface area contributed by atoms with E-state index in [1.165, 1.54) is 4.80 Å². The molecule has 0 N–H and O–H groups in total. The Hall–Kier alpha value is -1.31. The number of hydrogen-bond donors (Lipinski definition) is 0. The number of halogens is 1. The molecule has 15 heavy (non-hydrogen) atoms. The van der Waals surface area contributed by atoms with Crippen molar-refractivity contribution in [3.05, 3.63) is 17.7 Å². The lowest BCUT2D eigenvalue weighted by Gasteiger charge is -1.92. The van der Waals surface area contributed by atoms with Crippen LogP contribution in [0.4, 0.5) is 0 Å². The summed E-state index contributed by atoms with van der Waals surface area (Å²) in [6.45, 7) is 0.503. The molecule has 0 atom stereocenters. The van der Waals surface area contributed by atoms with E-state index in [1.807, 2.05) is 6.20 Å². The van der Waals surface area contributed by atoms with Gasteiger partial charge in [0, 0.05) is 17.9 Å². The van der Waals surface area contributed by atoms with Crippen molar-refractivity contribution in [3.63, 3.8) is 0 Å². The van der Waals surface area contributed by atoms with Crippen LogP contribution in [0.25, 0.3) is 0 Å². The van der Waals surface area contributed by atoms with Crippen LogP contribution in [0.3, 0.4) is 0 Å². The Morgan fingerprint density at radius 1 is 1.33 bits per heavy atom. The summed E-state index contributed by atoms with van der Waals surface area (Å²) in [5.74, 6) is 0.632. The van der Waals surface area contributed by atoms with Crippen molar-refractivity contribution >= 4 is 15.9 Å². The third kappa shape index (κ3) is 2.58. The number of rotatable bonds is 4. The molecule has 2 aromatic heterocycles. The molecule has 2 heterocycles. The van der Waals surface area contributed by atoms with Gasteiger partial charge >= 0.3 is 0 Å². The molecule has 0 spiro atoms. The highest BCUT2D eigenvalue weighted by atomic mass is 79.9. The van der Waals surface area contributed by atoms with Crippen molar-refractivity contribution in [3.8, 4) is 0 Å². The van der Waals surface area contributed by atoms with E-state index in [9.17, 15) is 0 Å². The second-order valence-electron chi connectivity index (χ2n) is 3.04. The minimum atomic E-state index is 0.503. The van der Waals surface area contributed by atoms with Crippen LogP contribution in [-0.2, 0) is 20.0 Å². The first-order valence-corrected chi connectivity index (χ1v) is 5.58. The Labute approximate surface area is 94.6 Å². The minimum absolute atomic E-state index is 0.503. The van der Waals surface area contributed by atoms with Gasteiger partial charge in [0.2, 0.25) is 0 Å². The number of tetrazole rings is 1. The molecule has 7 nitrogen and oxygen atoms in total. The number of aromatic nitrogens is 7. The smallest absolute Gasteiger partial charge is 0.196 e. The first-order valence-electron chi connectivity index (χ1n) is 4.46. The molecule has 0 amide bonds. The Morgan fingerprint density at radius 2 is 2.20 bits per heavy atom. The topological polar surface area (TPSA) is 74.3 Å². The van der Waals surface area contributed by atoms with Crippen molar-refractivity contribution in [1.82, 2.24) is 35.2 Å². The van der Waals surface area contributed by atoms with Gasteiger partial charge in [-0.3, -0.25) is 0 Å². The minimum Gasteiger partial charge on any atom is -0.244 e. The third-order valence-electron chi connectivity index (χ3n) is 1.79. The predicted molar refractivity (Wildman–Crippen MR) is 55.4 cm³/mol. The molecule has 0 aromatic carbocycles. The second-order valence-corrected chi connectivity index (χ2v) is 3.83. The average molecular weight is 272 g/mol. The number of alkyl halides is 1. The van der Waals surface area contributed by atoms with E-state index >= 15 is 0 Å². The van der Waals surface area contributed by atoms with Crippen molar-refractivity contribution < 1.29 is 0 Å². The van der Waals surface area contributed by atoms with E-state index in [-0.39, 0.29) is 0 Å². The van der Waals surface area contributed by atoms with Crippen LogP contribution in [0.15, 0.2) is 6.20 Å². The van der Waals surface area contributed by atoms with Gasteiger partial charge < -0.3 is 0 Å². The largest absolute Gasteiger partial charge is 0.244 e. The highest BCUT2D eigenvalue weighted by molar-refractivity contribution is 9.09. The fraction of sp³-hybridized carbons (Fsp3) is 0.571. The Kier molecular flexibility index (Phi) is 3.05. The van der Waals surface area contributed by atoms with Gasteiger partial charge in [-0.05, 0) is 5.21 Å². The Morgan fingerprint density at radius 3 is 2.87 bits per heavy atom. The van der Waals surface area contributed by atoms with Crippen molar-refractivity contribution in [2.75, 3.05) is 5.33 Å². The van der Waals surface area contributed by atoms with Gasteiger partial charge in [-0.15, -0.1) is 15.3 Å². The number of hydrogen-bond acceptors (Lipinski definition) is 5. The molecular weight excluding hydrogens is 262 g/mol. The lowest BCUT2D eigenvalue weighted by atomic mass is 10.4. The first kappa shape index (κ1) is 10.2. The summed E-state index contributed by atoms with van der Waals surface area (Å²) in [4.78, 5) is 1.42. The summed E-state index contributed by atoms with van der Waals surface area (Å²) < 4.78 is 1.70. The standard InChI is InChI=1S/C7H10BrN7/c1-14-11-7(10-12-14)5-15-4-6(2-3-8)9-13-15/h4H,2-3,5H2,1H3. The fourth-order valence-corrected chi connectivity index (χ4v) is 1.56. The molecule has 80 valence electrons. The van der Waals surface area contributed by atoms with E-state index in [0.29, 0.717) is 12.4 Å². The molecule has 2 aromatic rings. The molecule has 2 rings (SSSR count). The van der Waals surface area contributed by atoms with Crippen LogP contribution in [0.1, 0.15) is 11.5 Å². The summed E-state index contributed by atoms with van der Waals surface area (Å²) in [6.07, 6.45) is 2.76. The maximum absolute atomic E-state index is 4.06. The van der Waals surface area contributed by atoms with Gasteiger partial charge in [0.25, 0.3) is 0 Å². The maximum atomic E-state index is 4.06. The Bertz CT molecular complexity index is 434. The lowest BCUT2D eigenvalue weighted by Crippen LogP contribution is -2.03. The van der Waals surface area contributed by atoms with Crippen LogP contribution < -0.4 is 0 Å².